The number of rotatable bonds is 2. The number of Topliss-reactive ketones (excluding diaryl/α,β-unsaturated/α-hetero) is 1. The highest BCUT2D eigenvalue weighted by Gasteiger charge is 2.25. The first kappa shape index (κ1) is 12.8. The maximum Gasteiger partial charge on any atom is 0.164 e. The molecule has 0 fully saturated rings. The molecule has 0 saturated carbocycles. The number of ketones is 1. The fourth-order valence-corrected chi connectivity index (χ4v) is 2.73. The van der Waals surface area contributed by atoms with Crippen LogP contribution in [0.5, 0.6) is 11.5 Å². The van der Waals surface area contributed by atoms with Gasteiger partial charge >= 0.3 is 0 Å². The molecule has 2 aromatic carbocycles. The predicted octanol–water partition coefficient (Wildman–Crippen LogP) is 3.77. The SMILES string of the molecule is N#Cc1cccc(Oc2ccc(S)c3c2CCC3=O)c1. The summed E-state index contributed by atoms with van der Waals surface area (Å²) in [5.41, 5.74) is 2.12. The van der Waals surface area contributed by atoms with Crippen LogP contribution in [-0.2, 0) is 6.42 Å². The van der Waals surface area contributed by atoms with E-state index in [0.29, 0.717) is 40.4 Å². The third-order valence-corrected chi connectivity index (χ3v) is 3.69. The molecule has 0 radical (unpaired) electrons. The van der Waals surface area contributed by atoms with Crippen molar-refractivity contribution in [1.82, 2.24) is 0 Å². The summed E-state index contributed by atoms with van der Waals surface area (Å²) in [4.78, 5) is 12.5. The Morgan fingerprint density at radius 2 is 2.05 bits per heavy atom. The van der Waals surface area contributed by atoms with Gasteiger partial charge in [-0.2, -0.15) is 5.26 Å². The number of benzene rings is 2. The Balaban J connectivity index is 2.00. The fourth-order valence-electron chi connectivity index (χ4n) is 2.39. The summed E-state index contributed by atoms with van der Waals surface area (Å²) in [6.45, 7) is 0. The number of carbonyl (C=O) groups excluding carboxylic acids is 1. The second kappa shape index (κ2) is 5.03. The lowest BCUT2D eigenvalue weighted by Gasteiger charge is -2.11. The Morgan fingerprint density at radius 1 is 1.20 bits per heavy atom. The molecule has 0 bridgehead atoms. The van der Waals surface area contributed by atoms with E-state index < -0.39 is 0 Å². The van der Waals surface area contributed by atoms with Gasteiger partial charge in [-0.05, 0) is 36.8 Å². The topological polar surface area (TPSA) is 50.1 Å². The van der Waals surface area contributed by atoms with E-state index in [-0.39, 0.29) is 5.78 Å². The van der Waals surface area contributed by atoms with Crippen LogP contribution in [-0.4, -0.2) is 5.78 Å². The molecule has 0 saturated heterocycles. The predicted molar refractivity (Wildman–Crippen MR) is 77.6 cm³/mol. The van der Waals surface area contributed by atoms with E-state index in [1.165, 1.54) is 0 Å². The quantitative estimate of drug-likeness (QED) is 0.852. The summed E-state index contributed by atoms with van der Waals surface area (Å²) >= 11 is 4.33. The third kappa shape index (κ3) is 2.17. The summed E-state index contributed by atoms with van der Waals surface area (Å²) in [7, 11) is 0. The molecule has 0 heterocycles. The second-order valence-corrected chi connectivity index (χ2v) is 5.08. The molecule has 2 aromatic rings. The molecule has 0 atom stereocenters. The number of hydrogen-bond acceptors (Lipinski definition) is 4. The molecule has 0 amide bonds. The Kier molecular flexibility index (Phi) is 3.21. The lowest BCUT2D eigenvalue weighted by atomic mass is 10.1. The zero-order valence-electron chi connectivity index (χ0n) is 10.6. The van der Waals surface area contributed by atoms with Crippen LogP contribution in [0.4, 0.5) is 0 Å². The molecular formula is C16H11NO2S. The van der Waals surface area contributed by atoms with Crippen LogP contribution in [0, 0.1) is 11.3 Å². The molecule has 0 N–H and O–H groups in total. The van der Waals surface area contributed by atoms with Crippen molar-refractivity contribution >= 4 is 18.4 Å². The van der Waals surface area contributed by atoms with E-state index in [1.807, 2.05) is 6.07 Å². The number of thiol groups is 1. The summed E-state index contributed by atoms with van der Waals surface area (Å²) in [5.74, 6) is 1.37. The van der Waals surface area contributed by atoms with Gasteiger partial charge in [-0.25, -0.2) is 0 Å². The molecule has 0 aliphatic heterocycles. The van der Waals surface area contributed by atoms with Crippen LogP contribution in [0.15, 0.2) is 41.3 Å². The molecular weight excluding hydrogens is 270 g/mol. The minimum Gasteiger partial charge on any atom is -0.457 e. The van der Waals surface area contributed by atoms with Crippen molar-refractivity contribution in [2.24, 2.45) is 0 Å². The van der Waals surface area contributed by atoms with E-state index in [9.17, 15) is 4.79 Å². The summed E-state index contributed by atoms with van der Waals surface area (Å²) in [6, 6.07) is 12.6. The molecule has 1 aliphatic carbocycles. The van der Waals surface area contributed by atoms with Gasteiger partial charge in [-0.15, -0.1) is 12.6 Å². The Morgan fingerprint density at radius 3 is 2.85 bits per heavy atom. The van der Waals surface area contributed by atoms with Gasteiger partial charge in [0.1, 0.15) is 11.5 Å². The van der Waals surface area contributed by atoms with Crippen LogP contribution in [0.25, 0.3) is 0 Å². The van der Waals surface area contributed by atoms with E-state index in [4.69, 9.17) is 10.00 Å². The zero-order chi connectivity index (χ0) is 14.1. The van der Waals surface area contributed by atoms with Crippen molar-refractivity contribution in [2.45, 2.75) is 17.7 Å². The van der Waals surface area contributed by atoms with E-state index >= 15 is 0 Å². The van der Waals surface area contributed by atoms with E-state index in [0.717, 1.165) is 5.56 Å². The number of ether oxygens (including phenoxy) is 1. The van der Waals surface area contributed by atoms with Crippen LogP contribution in [0.2, 0.25) is 0 Å². The van der Waals surface area contributed by atoms with Crippen molar-refractivity contribution in [2.75, 3.05) is 0 Å². The Labute approximate surface area is 122 Å². The standard InChI is InChI=1S/C16H11NO2S/c17-9-10-2-1-3-11(8-10)19-14-6-7-15(20)16-12(14)4-5-13(16)18/h1-3,6-8,20H,4-5H2. The largest absolute Gasteiger partial charge is 0.457 e. The lowest BCUT2D eigenvalue weighted by molar-refractivity contribution is 0.0992. The van der Waals surface area contributed by atoms with Crippen molar-refractivity contribution in [1.29, 1.82) is 5.26 Å². The Hall–Kier alpha value is -2.25. The molecule has 1 aliphatic rings. The fraction of sp³-hybridized carbons (Fsp3) is 0.125. The second-order valence-electron chi connectivity index (χ2n) is 4.60. The number of nitrogens with zero attached hydrogens (tertiary/aromatic N) is 1. The summed E-state index contributed by atoms with van der Waals surface area (Å²) in [5, 5.41) is 8.89. The molecule has 0 unspecified atom stereocenters. The lowest BCUT2D eigenvalue weighted by Crippen LogP contribution is -1.96. The molecule has 20 heavy (non-hydrogen) atoms. The molecule has 3 rings (SSSR count). The normalized spacial score (nSPS) is 12.9. The minimum absolute atomic E-state index is 0.112. The summed E-state index contributed by atoms with van der Waals surface area (Å²) in [6.07, 6.45) is 1.18. The highest BCUT2D eigenvalue weighted by Crippen LogP contribution is 2.37. The molecule has 0 aromatic heterocycles. The minimum atomic E-state index is 0.112. The maximum absolute atomic E-state index is 11.8. The first-order chi connectivity index (χ1) is 9.69. The van der Waals surface area contributed by atoms with Crippen LogP contribution in [0.3, 0.4) is 0 Å². The van der Waals surface area contributed by atoms with Gasteiger partial charge in [-0.1, -0.05) is 6.07 Å². The number of carbonyl (C=O) groups is 1. The average molecular weight is 281 g/mol. The van der Waals surface area contributed by atoms with Gasteiger partial charge in [0.05, 0.1) is 11.6 Å². The van der Waals surface area contributed by atoms with Gasteiger partial charge in [0.25, 0.3) is 0 Å². The van der Waals surface area contributed by atoms with Gasteiger partial charge in [0.2, 0.25) is 0 Å². The maximum atomic E-state index is 11.8. The summed E-state index contributed by atoms with van der Waals surface area (Å²) < 4.78 is 5.83. The first-order valence-corrected chi connectivity index (χ1v) is 6.70. The number of fused-ring (bicyclic) bond motifs is 1. The molecule has 0 spiro atoms. The van der Waals surface area contributed by atoms with Gasteiger partial charge in [-0.3, -0.25) is 4.79 Å². The molecule has 4 heteroatoms. The highest BCUT2D eigenvalue weighted by molar-refractivity contribution is 7.80. The van der Waals surface area contributed by atoms with Crippen molar-refractivity contribution in [3.05, 3.63) is 53.1 Å². The highest BCUT2D eigenvalue weighted by atomic mass is 32.1. The monoisotopic (exact) mass is 281 g/mol. The Bertz CT molecular complexity index is 747. The van der Waals surface area contributed by atoms with Gasteiger partial charge in [0, 0.05) is 22.4 Å². The zero-order valence-corrected chi connectivity index (χ0v) is 11.5. The van der Waals surface area contributed by atoms with Crippen LogP contribution >= 0.6 is 12.6 Å². The molecule has 3 nitrogen and oxygen atoms in total. The van der Waals surface area contributed by atoms with Crippen LogP contribution in [0.1, 0.15) is 27.9 Å². The number of hydrogen-bond donors (Lipinski definition) is 1. The van der Waals surface area contributed by atoms with Crippen molar-refractivity contribution in [3.8, 4) is 17.6 Å². The van der Waals surface area contributed by atoms with Gasteiger partial charge in [0.15, 0.2) is 5.78 Å². The van der Waals surface area contributed by atoms with Crippen molar-refractivity contribution in [3.63, 3.8) is 0 Å². The van der Waals surface area contributed by atoms with Crippen molar-refractivity contribution < 1.29 is 9.53 Å². The molecule has 98 valence electrons. The van der Waals surface area contributed by atoms with Crippen LogP contribution < -0.4 is 4.74 Å². The number of nitriles is 1. The van der Waals surface area contributed by atoms with E-state index in [2.05, 4.69) is 18.7 Å². The smallest absolute Gasteiger partial charge is 0.164 e. The third-order valence-electron chi connectivity index (χ3n) is 3.32. The first-order valence-electron chi connectivity index (χ1n) is 6.25. The van der Waals surface area contributed by atoms with Gasteiger partial charge < -0.3 is 4.74 Å². The van der Waals surface area contributed by atoms with E-state index in [1.54, 1.807) is 30.3 Å². The average Bonchev–Trinajstić information content (AvgIpc) is 2.85.